The Morgan fingerprint density at radius 3 is 2.88 bits per heavy atom. The fourth-order valence-electron chi connectivity index (χ4n) is 3.08. The third-order valence-corrected chi connectivity index (χ3v) is 5.46. The summed E-state index contributed by atoms with van der Waals surface area (Å²) in [6.07, 6.45) is 2.56. The quantitative estimate of drug-likeness (QED) is 0.789. The molecule has 0 aromatic carbocycles. The summed E-state index contributed by atoms with van der Waals surface area (Å²) < 4.78 is 5.25. The molecular weight excluding hydrogens is 354 g/mol. The number of likely N-dealkylation sites (tertiary alicyclic amines) is 1. The van der Waals surface area contributed by atoms with E-state index in [4.69, 9.17) is 4.52 Å². The highest BCUT2D eigenvalue weighted by molar-refractivity contribution is 7.15. The van der Waals surface area contributed by atoms with Gasteiger partial charge in [0.15, 0.2) is 5.82 Å². The van der Waals surface area contributed by atoms with Crippen LogP contribution in [0.15, 0.2) is 4.52 Å². The normalized spacial score (nSPS) is 17.2. The van der Waals surface area contributed by atoms with Crippen LogP contribution in [0.2, 0.25) is 0 Å². The first-order valence-electron chi connectivity index (χ1n) is 9.03. The van der Waals surface area contributed by atoms with Crippen molar-refractivity contribution in [3.8, 4) is 0 Å². The van der Waals surface area contributed by atoms with E-state index in [1.54, 1.807) is 11.8 Å². The van der Waals surface area contributed by atoms with Crippen LogP contribution < -0.4 is 5.32 Å². The summed E-state index contributed by atoms with van der Waals surface area (Å²) in [5.74, 6) is 1.07. The van der Waals surface area contributed by atoms with Crippen LogP contribution >= 0.6 is 11.3 Å². The average molecular weight is 379 g/mol. The van der Waals surface area contributed by atoms with Crippen LogP contribution in [0.5, 0.6) is 0 Å². The molecule has 0 unspecified atom stereocenters. The molecule has 1 saturated heterocycles. The smallest absolute Gasteiger partial charge is 0.324 e. The number of hydrogen-bond acceptors (Lipinski definition) is 8. The lowest BCUT2D eigenvalue weighted by atomic mass is 10.2. The van der Waals surface area contributed by atoms with Gasteiger partial charge in [0, 0.05) is 19.5 Å². The molecule has 1 fully saturated rings. The molecule has 3 rings (SSSR count). The number of aromatic nitrogens is 4. The number of hydrogen-bond donors (Lipinski definition) is 1. The Hall–Kier alpha value is -2.07. The summed E-state index contributed by atoms with van der Waals surface area (Å²) in [4.78, 5) is 21.0. The Balaban J connectivity index is 1.57. The van der Waals surface area contributed by atoms with Gasteiger partial charge in [-0.1, -0.05) is 30.3 Å². The molecule has 1 atom stereocenters. The number of amides is 2. The van der Waals surface area contributed by atoms with E-state index in [-0.39, 0.29) is 12.1 Å². The van der Waals surface area contributed by atoms with Crippen LogP contribution in [0.1, 0.15) is 49.5 Å². The van der Waals surface area contributed by atoms with Crippen LogP contribution in [0.3, 0.4) is 0 Å². The summed E-state index contributed by atoms with van der Waals surface area (Å²) in [6, 6.07) is -0.374. The Morgan fingerprint density at radius 1 is 1.38 bits per heavy atom. The lowest BCUT2D eigenvalue weighted by molar-refractivity contribution is 0.193. The highest BCUT2D eigenvalue weighted by Crippen LogP contribution is 2.31. The predicted octanol–water partition coefficient (Wildman–Crippen LogP) is 2.48. The molecule has 3 heterocycles. The van der Waals surface area contributed by atoms with Gasteiger partial charge in [-0.15, -0.1) is 10.2 Å². The molecule has 0 bridgehead atoms. The molecule has 1 aliphatic heterocycles. The second kappa shape index (κ2) is 8.54. The fraction of sp³-hybridized carbons (Fsp3) is 0.688. The molecule has 10 heteroatoms. The SMILES string of the molecule is CCN(CC)CCc1nnc(NC(=O)N2CCC[C@@H]2c2nc(C)no2)s1. The van der Waals surface area contributed by atoms with Crippen LogP contribution in [0, 0.1) is 6.92 Å². The number of urea groups is 1. The van der Waals surface area contributed by atoms with Gasteiger partial charge in [-0.2, -0.15) is 4.98 Å². The van der Waals surface area contributed by atoms with E-state index in [1.165, 1.54) is 11.3 Å². The minimum Gasteiger partial charge on any atom is -0.337 e. The number of carbonyl (C=O) groups excluding carboxylic acids is 1. The maximum Gasteiger partial charge on any atom is 0.324 e. The Kier molecular flexibility index (Phi) is 6.15. The average Bonchev–Trinajstić information content (AvgIpc) is 3.36. The first-order valence-corrected chi connectivity index (χ1v) is 9.85. The van der Waals surface area contributed by atoms with Crippen molar-refractivity contribution in [1.82, 2.24) is 30.1 Å². The Morgan fingerprint density at radius 2 is 2.19 bits per heavy atom. The summed E-state index contributed by atoms with van der Waals surface area (Å²) in [7, 11) is 0. The van der Waals surface area contributed by atoms with Crippen molar-refractivity contribution in [2.45, 2.75) is 46.1 Å². The molecule has 0 radical (unpaired) electrons. The molecule has 1 aliphatic rings. The Labute approximate surface area is 156 Å². The summed E-state index contributed by atoms with van der Waals surface area (Å²) in [5, 5.41) is 16.4. The zero-order valence-corrected chi connectivity index (χ0v) is 16.3. The zero-order valence-electron chi connectivity index (χ0n) is 15.4. The number of aryl methyl sites for hydroxylation is 1. The predicted molar refractivity (Wildman–Crippen MR) is 98.1 cm³/mol. The summed E-state index contributed by atoms with van der Waals surface area (Å²) in [5.41, 5.74) is 0. The lowest BCUT2D eigenvalue weighted by Crippen LogP contribution is -2.34. The number of rotatable bonds is 7. The first-order chi connectivity index (χ1) is 12.6. The molecule has 0 spiro atoms. The van der Waals surface area contributed by atoms with Crippen molar-refractivity contribution in [2.24, 2.45) is 0 Å². The van der Waals surface area contributed by atoms with Crippen molar-refractivity contribution in [1.29, 1.82) is 0 Å². The van der Waals surface area contributed by atoms with Gasteiger partial charge in [-0.05, 0) is 32.9 Å². The van der Waals surface area contributed by atoms with Gasteiger partial charge in [0.25, 0.3) is 0 Å². The lowest BCUT2D eigenvalue weighted by Gasteiger charge is -2.21. The van der Waals surface area contributed by atoms with Gasteiger partial charge in [0.05, 0.1) is 0 Å². The van der Waals surface area contributed by atoms with Crippen molar-refractivity contribution in [3.63, 3.8) is 0 Å². The number of likely N-dealkylation sites (N-methyl/N-ethyl adjacent to an activating group) is 1. The first kappa shape index (κ1) is 18.7. The minimum absolute atomic E-state index is 0.175. The number of anilines is 1. The maximum absolute atomic E-state index is 12.6. The third-order valence-electron chi connectivity index (χ3n) is 4.56. The van der Waals surface area contributed by atoms with Gasteiger partial charge in [-0.3, -0.25) is 5.32 Å². The van der Waals surface area contributed by atoms with E-state index in [1.807, 2.05) is 0 Å². The van der Waals surface area contributed by atoms with Crippen LogP contribution in [0.4, 0.5) is 9.93 Å². The molecule has 0 aliphatic carbocycles. The molecule has 1 N–H and O–H groups in total. The fourth-order valence-corrected chi connectivity index (χ4v) is 3.80. The van der Waals surface area contributed by atoms with Crippen molar-refractivity contribution in [2.75, 3.05) is 31.5 Å². The molecule has 0 saturated carbocycles. The minimum atomic E-state index is -0.199. The van der Waals surface area contributed by atoms with Crippen molar-refractivity contribution in [3.05, 3.63) is 16.7 Å². The molecule has 2 aromatic heterocycles. The maximum atomic E-state index is 12.6. The second-order valence-corrected chi connectivity index (χ2v) is 7.30. The van der Waals surface area contributed by atoms with Crippen LogP contribution in [0.25, 0.3) is 0 Å². The van der Waals surface area contributed by atoms with Gasteiger partial charge in [0.2, 0.25) is 11.0 Å². The second-order valence-electron chi connectivity index (χ2n) is 6.24. The van der Waals surface area contributed by atoms with E-state index < -0.39 is 0 Å². The molecule has 26 heavy (non-hydrogen) atoms. The molecule has 142 valence electrons. The van der Waals surface area contributed by atoms with Crippen molar-refractivity contribution >= 4 is 22.5 Å². The molecular formula is C16H25N7O2S. The third kappa shape index (κ3) is 4.36. The van der Waals surface area contributed by atoms with E-state index in [0.717, 1.165) is 43.9 Å². The van der Waals surface area contributed by atoms with Crippen LogP contribution in [-0.4, -0.2) is 62.3 Å². The summed E-state index contributed by atoms with van der Waals surface area (Å²) in [6.45, 7) is 9.70. The van der Waals surface area contributed by atoms with E-state index in [2.05, 4.69) is 44.4 Å². The summed E-state index contributed by atoms with van der Waals surface area (Å²) >= 11 is 1.43. The van der Waals surface area contributed by atoms with Gasteiger partial charge in [0.1, 0.15) is 11.0 Å². The van der Waals surface area contributed by atoms with Gasteiger partial charge < -0.3 is 14.3 Å². The van der Waals surface area contributed by atoms with Gasteiger partial charge in [-0.25, -0.2) is 4.79 Å². The van der Waals surface area contributed by atoms with E-state index in [9.17, 15) is 4.79 Å². The monoisotopic (exact) mass is 379 g/mol. The standard InChI is InChI=1S/C16H25N7O2S/c1-4-22(5-2)10-8-13-19-20-15(26-13)18-16(24)23-9-6-7-12(23)14-17-11(3)21-25-14/h12H,4-10H2,1-3H3,(H,18,20,24)/t12-/m1/s1. The largest absolute Gasteiger partial charge is 0.337 e. The number of carbonyl (C=O) groups is 1. The van der Waals surface area contributed by atoms with Gasteiger partial charge >= 0.3 is 6.03 Å². The molecule has 9 nitrogen and oxygen atoms in total. The van der Waals surface area contributed by atoms with E-state index in [0.29, 0.717) is 23.4 Å². The zero-order chi connectivity index (χ0) is 18.5. The van der Waals surface area contributed by atoms with E-state index >= 15 is 0 Å². The highest BCUT2D eigenvalue weighted by Gasteiger charge is 2.34. The van der Waals surface area contributed by atoms with Crippen molar-refractivity contribution < 1.29 is 9.32 Å². The topological polar surface area (TPSA) is 100 Å². The molecule has 2 amide bonds. The highest BCUT2D eigenvalue weighted by atomic mass is 32.1. The van der Waals surface area contributed by atoms with Crippen LogP contribution in [-0.2, 0) is 6.42 Å². The number of nitrogens with one attached hydrogen (secondary N) is 1. The Bertz CT molecular complexity index is 728. The molecule has 2 aromatic rings. The number of nitrogens with zero attached hydrogens (tertiary/aromatic N) is 6.